The Morgan fingerprint density at radius 1 is 1.15 bits per heavy atom. The van der Waals surface area contributed by atoms with Crippen LogP contribution in [-0.4, -0.2) is 26.7 Å². The van der Waals surface area contributed by atoms with Crippen LogP contribution in [0.4, 0.5) is 24.5 Å². The molecule has 1 aliphatic heterocycles. The maximum absolute atomic E-state index is 16.0. The molecular formula is C26H25F3N4O. The Morgan fingerprint density at radius 3 is 2.62 bits per heavy atom. The van der Waals surface area contributed by atoms with E-state index in [9.17, 15) is 13.6 Å². The number of hydrogen-bond acceptors (Lipinski definition) is 3. The van der Waals surface area contributed by atoms with Gasteiger partial charge in [0.25, 0.3) is 6.43 Å². The summed E-state index contributed by atoms with van der Waals surface area (Å²) in [6, 6.07) is 6.72. The molecule has 5 nitrogen and oxygen atoms in total. The summed E-state index contributed by atoms with van der Waals surface area (Å²) in [5.41, 5.74) is 3.67. The SMILES string of the molecule is CCC(=O)c1cn(C)c2ccc(N3CCCc4cc(-c5cnn(C)c5)c(C(F)F)cc43)c(F)c12. The van der Waals surface area contributed by atoms with Crippen LogP contribution in [0.2, 0.25) is 0 Å². The number of fused-ring (bicyclic) bond motifs is 2. The molecule has 0 saturated heterocycles. The lowest BCUT2D eigenvalue weighted by Crippen LogP contribution is -2.26. The lowest BCUT2D eigenvalue weighted by molar-refractivity contribution is 0.0989. The average Bonchev–Trinajstić information content (AvgIpc) is 3.41. The fraction of sp³-hybridized carbons (Fsp3) is 0.308. The number of Topliss-reactive ketones (excluding diaryl/α,β-unsaturated/α-hetero) is 1. The van der Waals surface area contributed by atoms with Crippen LogP contribution in [0, 0.1) is 5.82 Å². The molecule has 0 spiro atoms. The van der Waals surface area contributed by atoms with Crippen LogP contribution in [0.25, 0.3) is 22.0 Å². The summed E-state index contributed by atoms with van der Waals surface area (Å²) in [5, 5.41) is 4.40. The molecule has 0 unspecified atom stereocenters. The summed E-state index contributed by atoms with van der Waals surface area (Å²) >= 11 is 0. The van der Waals surface area contributed by atoms with Crippen molar-refractivity contribution in [1.82, 2.24) is 14.3 Å². The van der Waals surface area contributed by atoms with E-state index in [-0.39, 0.29) is 23.2 Å². The number of alkyl halides is 2. The van der Waals surface area contributed by atoms with Crippen molar-refractivity contribution >= 4 is 28.1 Å². The van der Waals surface area contributed by atoms with Crippen molar-refractivity contribution in [3.63, 3.8) is 0 Å². The van der Waals surface area contributed by atoms with Crippen molar-refractivity contribution < 1.29 is 18.0 Å². The number of anilines is 2. The quantitative estimate of drug-likeness (QED) is 0.323. The monoisotopic (exact) mass is 466 g/mol. The number of ketones is 1. The molecule has 0 bridgehead atoms. The van der Waals surface area contributed by atoms with Crippen LogP contribution in [0.15, 0.2) is 42.9 Å². The number of carbonyl (C=O) groups is 1. The van der Waals surface area contributed by atoms with Gasteiger partial charge in [-0.2, -0.15) is 5.10 Å². The van der Waals surface area contributed by atoms with E-state index >= 15 is 4.39 Å². The van der Waals surface area contributed by atoms with Crippen LogP contribution in [0.5, 0.6) is 0 Å². The normalized spacial score (nSPS) is 13.7. The predicted octanol–water partition coefficient (Wildman–Crippen LogP) is 6.33. The van der Waals surface area contributed by atoms with Crippen molar-refractivity contribution in [3.05, 3.63) is 65.4 Å². The van der Waals surface area contributed by atoms with Gasteiger partial charge in [-0.25, -0.2) is 13.2 Å². The lowest BCUT2D eigenvalue weighted by atomic mass is 9.92. The smallest absolute Gasteiger partial charge is 0.264 e. The molecule has 5 rings (SSSR count). The van der Waals surface area contributed by atoms with E-state index < -0.39 is 12.2 Å². The van der Waals surface area contributed by atoms with Crippen molar-refractivity contribution in [3.8, 4) is 11.1 Å². The Labute approximate surface area is 195 Å². The molecule has 1 aliphatic rings. The summed E-state index contributed by atoms with van der Waals surface area (Å²) in [6.07, 6.45) is 3.97. The third kappa shape index (κ3) is 3.48. The summed E-state index contributed by atoms with van der Waals surface area (Å²) < 4.78 is 47.5. The molecule has 0 saturated carbocycles. The number of carbonyl (C=O) groups excluding carboxylic acids is 1. The zero-order valence-electron chi connectivity index (χ0n) is 19.3. The lowest BCUT2D eigenvalue weighted by Gasteiger charge is -2.33. The fourth-order valence-electron chi connectivity index (χ4n) is 4.93. The third-order valence-corrected chi connectivity index (χ3v) is 6.60. The predicted molar refractivity (Wildman–Crippen MR) is 126 cm³/mol. The molecule has 0 atom stereocenters. The van der Waals surface area contributed by atoms with Crippen molar-refractivity contribution in [2.24, 2.45) is 14.1 Å². The van der Waals surface area contributed by atoms with E-state index in [0.717, 1.165) is 12.0 Å². The molecule has 2 aromatic heterocycles. The minimum atomic E-state index is -2.69. The molecule has 4 aromatic rings. The van der Waals surface area contributed by atoms with Gasteiger partial charge in [0.2, 0.25) is 0 Å². The van der Waals surface area contributed by atoms with Gasteiger partial charge >= 0.3 is 0 Å². The number of hydrogen-bond donors (Lipinski definition) is 0. The van der Waals surface area contributed by atoms with E-state index in [1.807, 2.05) is 0 Å². The Hall–Kier alpha value is -3.55. The Morgan fingerprint density at radius 2 is 1.94 bits per heavy atom. The molecule has 0 amide bonds. The number of benzene rings is 2. The van der Waals surface area contributed by atoms with Gasteiger partial charge < -0.3 is 9.47 Å². The molecule has 0 N–H and O–H groups in total. The van der Waals surface area contributed by atoms with Gasteiger partial charge in [0.15, 0.2) is 11.6 Å². The van der Waals surface area contributed by atoms with Crippen LogP contribution in [0.1, 0.15) is 47.7 Å². The minimum Gasteiger partial charge on any atom is -0.350 e. The van der Waals surface area contributed by atoms with Crippen molar-refractivity contribution in [2.75, 3.05) is 11.4 Å². The first kappa shape index (κ1) is 22.3. The number of rotatable bonds is 5. The van der Waals surface area contributed by atoms with Gasteiger partial charge in [0, 0.05) is 67.2 Å². The summed E-state index contributed by atoms with van der Waals surface area (Å²) in [6.45, 7) is 2.24. The second-order valence-electron chi connectivity index (χ2n) is 8.75. The second-order valence-corrected chi connectivity index (χ2v) is 8.75. The van der Waals surface area contributed by atoms with E-state index in [4.69, 9.17) is 0 Å². The van der Waals surface area contributed by atoms with E-state index in [2.05, 4.69) is 5.10 Å². The topological polar surface area (TPSA) is 43.1 Å². The zero-order chi connectivity index (χ0) is 24.1. The zero-order valence-corrected chi connectivity index (χ0v) is 19.3. The highest BCUT2D eigenvalue weighted by Gasteiger charge is 2.28. The number of halogens is 3. The Bertz CT molecular complexity index is 1420. The Kier molecular flexibility index (Phi) is 5.46. The van der Waals surface area contributed by atoms with Crippen LogP contribution < -0.4 is 4.90 Å². The van der Waals surface area contributed by atoms with Crippen molar-refractivity contribution in [2.45, 2.75) is 32.6 Å². The maximum atomic E-state index is 16.0. The summed E-state index contributed by atoms with van der Waals surface area (Å²) in [7, 11) is 3.52. The van der Waals surface area contributed by atoms with E-state index in [0.29, 0.717) is 46.5 Å². The van der Waals surface area contributed by atoms with Gasteiger partial charge in [0.05, 0.1) is 17.4 Å². The molecule has 2 aromatic carbocycles. The first-order valence-corrected chi connectivity index (χ1v) is 11.3. The first-order valence-electron chi connectivity index (χ1n) is 11.3. The summed E-state index contributed by atoms with van der Waals surface area (Å²) in [4.78, 5) is 14.3. The number of aryl methyl sites for hydroxylation is 3. The molecular weight excluding hydrogens is 441 g/mol. The molecule has 0 fully saturated rings. The maximum Gasteiger partial charge on any atom is 0.264 e. The van der Waals surface area contributed by atoms with Crippen LogP contribution in [-0.2, 0) is 20.5 Å². The highest BCUT2D eigenvalue weighted by atomic mass is 19.3. The third-order valence-electron chi connectivity index (χ3n) is 6.60. The molecule has 3 heterocycles. The van der Waals surface area contributed by atoms with Crippen LogP contribution in [0.3, 0.4) is 0 Å². The van der Waals surface area contributed by atoms with E-state index in [1.165, 1.54) is 6.07 Å². The van der Waals surface area contributed by atoms with Gasteiger partial charge in [-0.05, 0) is 48.2 Å². The number of nitrogens with zero attached hydrogens (tertiary/aromatic N) is 4. The molecule has 176 valence electrons. The number of aromatic nitrogens is 3. The Balaban J connectivity index is 1.69. The molecule has 0 radical (unpaired) electrons. The van der Waals surface area contributed by atoms with Gasteiger partial charge in [-0.1, -0.05) is 6.92 Å². The first-order chi connectivity index (χ1) is 16.3. The van der Waals surface area contributed by atoms with Gasteiger partial charge in [-0.3, -0.25) is 9.48 Å². The van der Waals surface area contributed by atoms with Gasteiger partial charge in [0.1, 0.15) is 0 Å². The highest BCUT2D eigenvalue weighted by Crippen LogP contribution is 2.43. The molecule has 34 heavy (non-hydrogen) atoms. The molecule has 0 aliphatic carbocycles. The second kappa shape index (κ2) is 8.34. The van der Waals surface area contributed by atoms with Crippen LogP contribution >= 0.6 is 0 Å². The van der Waals surface area contributed by atoms with E-state index in [1.54, 1.807) is 72.0 Å². The minimum absolute atomic E-state index is 0.110. The molecule has 8 heteroatoms. The highest BCUT2D eigenvalue weighted by molar-refractivity contribution is 6.09. The largest absolute Gasteiger partial charge is 0.350 e. The average molecular weight is 467 g/mol. The van der Waals surface area contributed by atoms with Gasteiger partial charge in [-0.15, -0.1) is 0 Å². The standard InChI is InChI=1S/C26H25F3N4O/c1-4-23(34)19-14-31(2)20-7-8-21(25(27)24(19)20)33-9-5-6-15-10-17(16-12-30-32(3)13-16)18(26(28)29)11-22(15)33/h7-8,10-14,26H,4-6,9H2,1-3H3. The fourth-order valence-corrected chi connectivity index (χ4v) is 4.93. The van der Waals surface area contributed by atoms with Crippen molar-refractivity contribution in [1.29, 1.82) is 0 Å². The summed E-state index contributed by atoms with van der Waals surface area (Å²) in [5.74, 6) is -0.639.